The van der Waals surface area contributed by atoms with E-state index >= 15 is 8.78 Å². The molecule has 1 atom stereocenters. The number of phenolic OH excluding ortho intramolecular Hbond substituents is 1. The summed E-state index contributed by atoms with van der Waals surface area (Å²) in [5, 5.41) is 17.4. The highest BCUT2D eigenvalue weighted by Crippen LogP contribution is 2.40. The molecular formula is C34H38F2N6O5. The number of nitrogens with zero attached hydrogens (tertiary/aromatic N) is 3. The number of fused-ring (bicyclic) bond motifs is 3. The number of ether oxygens (including phenoxy) is 2. The number of alkyl carbamates (subject to hydrolysis) is 1. The van der Waals surface area contributed by atoms with Crippen LogP contribution in [0.15, 0.2) is 35.3 Å². The van der Waals surface area contributed by atoms with Crippen LogP contribution in [0, 0.1) is 11.6 Å². The van der Waals surface area contributed by atoms with Crippen LogP contribution >= 0.6 is 0 Å². The maximum Gasteiger partial charge on any atom is 0.407 e. The van der Waals surface area contributed by atoms with E-state index < -0.39 is 28.8 Å². The first-order valence-electron chi connectivity index (χ1n) is 16.2. The van der Waals surface area contributed by atoms with Crippen molar-refractivity contribution in [2.75, 3.05) is 39.4 Å². The summed E-state index contributed by atoms with van der Waals surface area (Å²) < 4.78 is 43.2. The molecule has 0 bridgehead atoms. The lowest BCUT2D eigenvalue weighted by atomic mass is 9.93. The van der Waals surface area contributed by atoms with Crippen LogP contribution in [0.4, 0.5) is 13.6 Å². The Morgan fingerprint density at radius 2 is 1.96 bits per heavy atom. The summed E-state index contributed by atoms with van der Waals surface area (Å²) in [5.41, 5.74) is -1.35. The molecule has 47 heavy (non-hydrogen) atoms. The number of aromatic hydroxyl groups is 1. The summed E-state index contributed by atoms with van der Waals surface area (Å²) in [6.45, 7) is 5.64. The van der Waals surface area contributed by atoms with Gasteiger partial charge in [0, 0.05) is 24.7 Å². The number of hydrogen-bond donors (Lipinski definition) is 4. The lowest BCUT2D eigenvalue weighted by Crippen LogP contribution is -2.55. The van der Waals surface area contributed by atoms with Gasteiger partial charge in [0.05, 0.1) is 23.1 Å². The maximum atomic E-state index is 16.4. The predicted molar refractivity (Wildman–Crippen MR) is 172 cm³/mol. The van der Waals surface area contributed by atoms with E-state index in [1.165, 1.54) is 30.5 Å². The summed E-state index contributed by atoms with van der Waals surface area (Å²) in [4.78, 5) is 39.2. The average molecular weight is 649 g/mol. The second-order valence-corrected chi connectivity index (χ2v) is 13.2. The fourth-order valence-electron chi connectivity index (χ4n) is 7.59. The zero-order valence-corrected chi connectivity index (χ0v) is 26.3. The van der Waals surface area contributed by atoms with E-state index in [4.69, 9.17) is 9.47 Å². The third-order valence-electron chi connectivity index (χ3n) is 9.96. The van der Waals surface area contributed by atoms with Gasteiger partial charge in [-0.15, -0.1) is 0 Å². The molecule has 3 aliphatic heterocycles. The molecule has 0 radical (unpaired) electrons. The Bertz CT molecular complexity index is 1900. The van der Waals surface area contributed by atoms with E-state index in [1.54, 1.807) is 0 Å². The number of rotatable bonds is 8. The van der Waals surface area contributed by atoms with Crippen molar-refractivity contribution in [1.29, 1.82) is 0 Å². The number of nitrogens with one attached hydrogen (secondary N) is 3. The first-order chi connectivity index (χ1) is 22.6. The van der Waals surface area contributed by atoms with Gasteiger partial charge in [0.25, 0.3) is 11.6 Å². The lowest BCUT2D eigenvalue weighted by Gasteiger charge is -2.34. The van der Waals surface area contributed by atoms with Crippen molar-refractivity contribution in [3.63, 3.8) is 0 Å². The smallest absolute Gasteiger partial charge is 0.407 e. The molecule has 0 unspecified atom stereocenters. The second kappa shape index (κ2) is 12.3. The number of piperidine rings is 1. The molecular weight excluding hydrogens is 610 g/mol. The number of pyridine rings is 1. The van der Waals surface area contributed by atoms with E-state index in [2.05, 4.69) is 30.5 Å². The van der Waals surface area contributed by atoms with Crippen LogP contribution in [-0.2, 0) is 11.2 Å². The summed E-state index contributed by atoms with van der Waals surface area (Å²) in [5.74, 6) is -1.68. The molecule has 2 aromatic heterocycles. The van der Waals surface area contributed by atoms with Crippen molar-refractivity contribution in [2.24, 2.45) is 0 Å². The highest BCUT2D eigenvalue weighted by molar-refractivity contribution is 6.01. The molecule has 13 heteroatoms. The molecule has 4 aromatic rings. The third kappa shape index (κ3) is 5.98. The standard InChI is InChI=1S/C34H38F2N6O5/c1-33(8-2-11-37-18-33)41-32(45)46-14-7-22-25(35)6-5-20-15-21(43)16-23(26(20)22)28-27(36)29-24(17-38-28)30(44)40-31(39-29)47-19-34-9-3-12-42(34)13-4-10-34/h5-6,15-17,37,43H,2-4,7-14,18-19H2,1H3,(H,41,45)(H,39,40,44)/t33-/m1/s1. The van der Waals surface area contributed by atoms with Gasteiger partial charge in [-0.25, -0.2) is 13.6 Å². The van der Waals surface area contributed by atoms with Crippen molar-refractivity contribution in [1.82, 2.24) is 30.5 Å². The molecule has 0 saturated carbocycles. The number of carbonyl (C=O) groups excluding carboxylic acids is 1. The molecule has 3 aliphatic rings. The Morgan fingerprint density at radius 1 is 1.15 bits per heavy atom. The number of aromatic amines is 1. The minimum atomic E-state index is -0.910. The topological polar surface area (TPSA) is 142 Å². The molecule has 3 saturated heterocycles. The first-order valence-corrected chi connectivity index (χ1v) is 16.2. The van der Waals surface area contributed by atoms with Crippen molar-refractivity contribution < 1.29 is 28.2 Å². The SMILES string of the molecule is C[C@@]1(NC(=O)OCCc2c(F)ccc3cc(O)cc(-c4ncc5c(=O)[nH]c(OCC67CCCN6CCC7)nc5c4F)c23)CCCNC1. The van der Waals surface area contributed by atoms with Gasteiger partial charge in [0.1, 0.15) is 29.4 Å². The predicted octanol–water partition coefficient (Wildman–Crippen LogP) is 4.54. The molecule has 2 aromatic carbocycles. The van der Waals surface area contributed by atoms with Crippen LogP contribution in [0.3, 0.4) is 0 Å². The molecule has 1 amide bonds. The Morgan fingerprint density at radius 3 is 2.72 bits per heavy atom. The Kier molecular flexibility index (Phi) is 8.21. The van der Waals surface area contributed by atoms with E-state index in [1.807, 2.05) is 6.92 Å². The molecule has 0 spiro atoms. The lowest BCUT2D eigenvalue weighted by molar-refractivity contribution is 0.107. The molecule has 4 N–H and O–H groups in total. The minimum absolute atomic E-state index is 0.0206. The second-order valence-electron chi connectivity index (χ2n) is 13.2. The number of H-pyrrole nitrogens is 1. The third-order valence-corrected chi connectivity index (χ3v) is 9.96. The summed E-state index contributed by atoms with van der Waals surface area (Å²) >= 11 is 0. The van der Waals surface area contributed by atoms with Crippen LogP contribution in [0.25, 0.3) is 32.9 Å². The van der Waals surface area contributed by atoms with Crippen LogP contribution in [0.5, 0.6) is 11.8 Å². The fourth-order valence-corrected chi connectivity index (χ4v) is 7.59. The van der Waals surface area contributed by atoms with Crippen molar-refractivity contribution in [2.45, 2.75) is 62.9 Å². The zero-order valence-electron chi connectivity index (χ0n) is 26.3. The van der Waals surface area contributed by atoms with Gasteiger partial charge in [-0.3, -0.25) is 19.7 Å². The summed E-state index contributed by atoms with van der Waals surface area (Å²) in [6.07, 6.45) is 6.43. The van der Waals surface area contributed by atoms with Gasteiger partial charge >= 0.3 is 6.09 Å². The largest absolute Gasteiger partial charge is 0.508 e. The highest BCUT2D eigenvalue weighted by Gasteiger charge is 2.45. The molecule has 3 fully saturated rings. The number of amides is 1. The van der Waals surface area contributed by atoms with Crippen LogP contribution in [0.1, 0.15) is 51.0 Å². The summed E-state index contributed by atoms with van der Waals surface area (Å²) in [7, 11) is 0. The highest BCUT2D eigenvalue weighted by atomic mass is 19.1. The molecule has 5 heterocycles. The fraction of sp³-hybridized carbons (Fsp3) is 0.471. The van der Waals surface area contributed by atoms with E-state index in [0.717, 1.165) is 58.2 Å². The summed E-state index contributed by atoms with van der Waals surface area (Å²) in [6, 6.07) is 5.37. The van der Waals surface area contributed by atoms with E-state index in [-0.39, 0.29) is 58.1 Å². The number of phenols is 1. The monoisotopic (exact) mass is 648 g/mol. The van der Waals surface area contributed by atoms with Crippen LogP contribution in [-0.4, -0.2) is 81.5 Å². The van der Waals surface area contributed by atoms with Crippen LogP contribution in [0.2, 0.25) is 0 Å². The van der Waals surface area contributed by atoms with Gasteiger partial charge in [-0.1, -0.05) is 6.07 Å². The molecule has 11 nitrogen and oxygen atoms in total. The zero-order chi connectivity index (χ0) is 32.8. The molecule has 0 aliphatic carbocycles. The van der Waals surface area contributed by atoms with Gasteiger partial charge in [-0.05, 0) is 99.6 Å². The number of hydrogen-bond acceptors (Lipinski definition) is 9. The normalized spacial score (nSPS) is 20.8. The molecule has 248 valence electrons. The number of benzene rings is 2. The van der Waals surface area contributed by atoms with Crippen LogP contribution < -0.4 is 20.9 Å². The van der Waals surface area contributed by atoms with Gasteiger partial charge < -0.3 is 25.2 Å². The maximum absolute atomic E-state index is 16.4. The van der Waals surface area contributed by atoms with Gasteiger partial charge in [0.15, 0.2) is 5.82 Å². The van der Waals surface area contributed by atoms with E-state index in [9.17, 15) is 14.7 Å². The average Bonchev–Trinajstić information content (AvgIpc) is 3.62. The molecule has 7 rings (SSSR count). The Hall–Kier alpha value is -4.36. The number of halogens is 2. The van der Waals surface area contributed by atoms with E-state index in [0.29, 0.717) is 23.9 Å². The number of aromatic nitrogens is 3. The first kappa shape index (κ1) is 31.3. The van der Waals surface area contributed by atoms with Gasteiger partial charge in [0.2, 0.25) is 0 Å². The van der Waals surface area contributed by atoms with Crippen molar-refractivity contribution in [3.05, 3.63) is 58.0 Å². The van der Waals surface area contributed by atoms with Crippen molar-refractivity contribution in [3.8, 4) is 23.0 Å². The Labute approximate surface area is 269 Å². The quantitative estimate of drug-likeness (QED) is 0.217. The van der Waals surface area contributed by atoms with Gasteiger partial charge in [-0.2, -0.15) is 4.98 Å². The number of carbonyl (C=O) groups is 1. The minimum Gasteiger partial charge on any atom is -0.508 e. The van der Waals surface area contributed by atoms with Crippen molar-refractivity contribution >= 4 is 27.8 Å². The Balaban J connectivity index is 1.20.